The average Bonchev–Trinajstić information content (AvgIpc) is 2.93. The summed E-state index contributed by atoms with van der Waals surface area (Å²) in [4.78, 5) is 14.3. The highest BCUT2D eigenvalue weighted by Crippen LogP contribution is 2.49. The monoisotopic (exact) mass is 397 g/mol. The summed E-state index contributed by atoms with van der Waals surface area (Å²) in [5.41, 5.74) is -1.09. The van der Waals surface area contributed by atoms with Gasteiger partial charge in [-0.05, 0) is 69.7 Å². The van der Waals surface area contributed by atoms with Gasteiger partial charge in [-0.1, -0.05) is 0 Å². The smallest absolute Gasteiger partial charge is 0.416 e. The van der Waals surface area contributed by atoms with E-state index in [2.05, 4.69) is 0 Å². The van der Waals surface area contributed by atoms with Crippen LogP contribution in [0.4, 0.5) is 13.2 Å². The van der Waals surface area contributed by atoms with Crippen LogP contribution in [0.2, 0.25) is 0 Å². The first kappa shape index (κ1) is 19.6. The van der Waals surface area contributed by atoms with E-state index in [1.54, 1.807) is 6.92 Å². The maximum Gasteiger partial charge on any atom is 0.416 e. The second kappa shape index (κ2) is 6.37. The molecule has 1 amide bonds. The Bertz CT molecular complexity index is 776. The number of rotatable bonds is 3. The Morgan fingerprint density at radius 3 is 2.50 bits per heavy atom. The molecule has 1 unspecified atom stereocenters. The fraction of sp³-hybridized carbons (Fsp3) is 0.667. The summed E-state index contributed by atoms with van der Waals surface area (Å²) < 4.78 is 44.6. The van der Waals surface area contributed by atoms with Crippen LogP contribution in [0.3, 0.4) is 0 Å². The highest BCUT2D eigenvalue weighted by atomic mass is 19.4. The molecule has 0 bridgehead atoms. The van der Waals surface area contributed by atoms with E-state index in [0.29, 0.717) is 18.6 Å². The summed E-state index contributed by atoms with van der Waals surface area (Å²) in [6, 6.07) is 3.92. The minimum absolute atomic E-state index is 0.0298. The van der Waals surface area contributed by atoms with Crippen molar-refractivity contribution in [3.63, 3.8) is 0 Å². The molecule has 1 atom stereocenters. The van der Waals surface area contributed by atoms with Crippen molar-refractivity contribution >= 4 is 5.91 Å². The van der Waals surface area contributed by atoms with Crippen molar-refractivity contribution in [3.05, 3.63) is 29.3 Å². The second-order valence-electron chi connectivity index (χ2n) is 9.25. The Balaban J connectivity index is 1.30. The number of aliphatic hydroxyl groups is 1. The van der Waals surface area contributed by atoms with Crippen LogP contribution in [-0.4, -0.2) is 40.7 Å². The molecule has 28 heavy (non-hydrogen) atoms. The number of carbonyl (C=O) groups is 1. The van der Waals surface area contributed by atoms with E-state index < -0.39 is 17.3 Å². The van der Waals surface area contributed by atoms with Gasteiger partial charge in [0.2, 0.25) is 5.91 Å². The number of carbonyl (C=O) groups excluding carboxylic acids is 1. The number of benzene rings is 1. The summed E-state index contributed by atoms with van der Waals surface area (Å²) in [7, 11) is 0. The van der Waals surface area contributed by atoms with Gasteiger partial charge in [0.25, 0.3) is 0 Å². The van der Waals surface area contributed by atoms with Gasteiger partial charge < -0.3 is 14.7 Å². The zero-order valence-corrected chi connectivity index (χ0v) is 16.2. The van der Waals surface area contributed by atoms with E-state index in [4.69, 9.17) is 4.74 Å². The third-order valence-corrected chi connectivity index (χ3v) is 6.55. The fourth-order valence-corrected chi connectivity index (χ4v) is 5.12. The van der Waals surface area contributed by atoms with Crippen molar-refractivity contribution in [1.29, 1.82) is 0 Å². The molecule has 1 aromatic rings. The highest BCUT2D eigenvalue weighted by molar-refractivity contribution is 5.81. The number of ether oxygens (including phenoxy) is 1. The van der Waals surface area contributed by atoms with Gasteiger partial charge in [0.15, 0.2) is 0 Å². The SMILES string of the molecule is Cc1cc(OC2CCC3(C2)CN(C(=O)C2CC(C)(O)C2)C3)ccc1C(F)(F)F. The van der Waals surface area contributed by atoms with Crippen molar-refractivity contribution in [2.45, 2.75) is 63.8 Å². The van der Waals surface area contributed by atoms with E-state index in [-0.39, 0.29) is 28.9 Å². The van der Waals surface area contributed by atoms with Crippen LogP contribution in [0.15, 0.2) is 18.2 Å². The number of alkyl halides is 3. The molecule has 1 saturated heterocycles. The number of amides is 1. The molecule has 7 heteroatoms. The number of aryl methyl sites for hydroxylation is 1. The number of likely N-dealkylation sites (tertiary alicyclic amines) is 1. The van der Waals surface area contributed by atoms with Crippen LogP contribution in [-0.2, 0) is 11.0 Å². The fourth-order valence-electron chi connectivity index (χ4n) is 5.12. The Labute approximate surface area is 162 Å². The van der Waals surface area contributed by atoms with Gasteiger partial charge in [0.1, 0.15) is 5.75 Å². The zero-order chi connectivity index (χ0) is 20.3. The maximum atomic E-state index is 12.9. The Morgan fingerprint density at radius 2 is 1.93 bits per heavy atom. The molecule has 4 nitrogen and oxygen atoms in total. The van der Waals surface area contributed by atoms with Gasteiger partial charge in [-0.2, -0.15) is 13.2 Å². The molecule has 3 fully saturated rings. The first-order chi connectivity index (χ1) is 13.0. The number of nitrogens with zero attached hydrogens (tertiary/aromatic N) is 1. The van der Waals surface area contributed by atoms with Crippen molar-refractivity contribution in [3.8, 4) is 5.75 Å². The lowest BCUT2D eigenvalue weighted by Crippen LogP contribution is -2.61. The standard InChI is InChI=1S/C21H26F3NO3/c1-13-7-15(3-4-17(13)21(22,23)24)28-16-5-6-20(10-16)11-25(12-20)18(26)14-8-19(2,27)9-14/h3-4,7,14,16,27H,5-6,8-12H2,1-2H3. The number of hydrogen-bond acceptors (Lipinski definition) is 3. The predicted molar refractivity (Wildman–Crippen MR) is 96.8 cm³/mol. The quantitative estimate of drug-likeness (QED) is 0.841. The zero-order valence-electron chi connectivity index (χ0n) is 16.2. The molecule has 4 rings (SSSR count). The third kappa shape index (κ3) is 3.61. The largest absolute Gasteiger partial charge is 0.490 e. The third-order valence-electron chi connectivity index (χ3n) is 6.55. The van der Waals surface area contributed by atoms with Crippen molar-refractivity contribution < 1.29 is 27.8 Å². The van der Waals surface area contributed by atoms with Gasteiger partial charge in [-0.15, -0.1) is 0 Å². The van der Waals surface area contributed by atoms with E-state index in [1.165, 1.54) is 19.1 Å². The van der Waals surface area contributed by atoms with Crippen LogP contribution >= 0.6 is 0 Å². The molecule has 0 radical (unpaired) electrons. The molecule has 1 heterocycles. The van der Waals surface area contributed by atoms with Gasteiger partial charge in [-0.3, -0.25) is 4.79 Å². The summed E-state index contributed by atoms with van der Waals surface area (Å²) in [5, 5.41) is 9.82. The second-order valence-corrected chi connectivity index (χ2v) is 9.25. The van der Waals surface area contributed by atoms with Gasteiger partial charge in [-0.25, -0.2) is 0 Å². The molecule has 1 spiro atoms. The molecular formula is C21H26F3NO3. The summed E-state index contributed by atoms with van der Waals surface area (Å²) in [6.45, 7) is 4.64. The summed E-state index contributed by atoms with van der Waals surface area (Å²) in [5.74, 6) is 0.548. The predicted octanol–water partition coefficient (Wildman–Crippen LogP) is 3.93. The molecule has 1 aromatic carbocycles. The van der Waals surface area contributed by atoms with E-state index in [9.17, 15) is 23.1 Å². The molecule has 3 aliphatic rings. The first-order valence-electron chi connectivity index (χ1n) is 9.82. The lowest BCUT2D eigenvalue weighted by molar-refractivity contribution is -0.161. The van der Waals surface area contributed by atoms with Crippen LogP contribution in [0.1, 0.15) is 50.2 Å². The Hall–Kier alpha value is -1.76. The topological polar surface area (TPSA) is 49.8 Å². The van der Waals surface area contributed by atoms with Gasteiger partial charge >= 0.3 is 6.18 Å². The van der Waals surface area contributed by atoms with E-state index in [0.717, 1.165) is 38.4 Å². The van der Waals surface area contributed by atoms with Crippen molar-refractivity contribution in [1.82, 2.24) is 4.90 Å². The first-order valence-corrected chi connectivity index (χ1v) is 9.82. The van der Waals surface area contributed by atoms with Crippen LogP contribution < -0.4 is 4.74 Å². The minimum atomic E-state index is -4.35. The molecule has 2 aliphatic carbocycles. The van der Waals surface area contributed by atoms with E-state index >= 15 is 0 Å². The van der Waals surface area contributed by atoms with E-state index in [1.807, 2.05) is 4.90 Å². The van der Waals surface area contributed by atoms with Crippen LogP contribution in [0.25, 0.3) is 0 Å². The van der Waals surface area contributed by atoms with Crippen LogP contribution in [0.5, 0.6) is 5.75 Å². The minimum Gasteiger partial charge on any atom is -0.490 e. The summed E-state index contributed by atoms with van der Waals surface area (Å²) in [6.07, 6.45) is -0.681. The number of halogens is 3. The van der Waals surface area contributed by atoms with Crippen LogP contribution in [0, 0.1) is 18.3 Å². The van der Waals surface area contributed by atoms with Crippen molar-refractivity contribution in [2.75, 3.05) is 13.1 Å². The molecule has 154 valence electrons. The van der Waals surface area contributed by atoms with Gasteiger partial charge in [0, 0.05) is 24.4 Å². The van der Waals surface area contributed by atoms with Gasteiger partial charge in [0.05, 0.1) is 17.3 Å². The maximum absolute atomic E-state index is 12.9. The Morgan fingerprint density at radius 1 is 1.25 bits per heavy atom. The van der Waals surface area contributed by atoms with Crippen molar-refractivity contribution in [2.24, 2.45) is 11.3 Å². The highest BCUT2D eigenvalue weighted by Gasteiger charge is 2.53. The molecule has 1 N–H and O–H groups in total. The lowest BCUT2D eigenvalue weighted by Gasteiger charge is -2.51. The molecule has 1 aliphatic heterocycles. The molecule has 2 saturated carbocycles. The number of hydrogen-bond donors (Lipinski definition) is 1. The molecule has 0 aromatic heterocycles. The summed E-state index contributed by atoms with van der Waals surface area (Å²) >= 11 is 0. The lowest BCUT2D eigenvalue weighted by atomic mass is 9.70. The normalized spacial score (nSPS) is 31.4. The molecular weight excluding hydrogens is 371 g/mol. The average molecular weight is 397 g/mol. The Kier molecular flexibility index (Phi) is 4.45.